The van der Waals surface area contributed by atoms with Gasteiger partial charge in [0, 0.05) is 19.4 Å². The second-order valence-corrected chi connectivity index (χ2v) is 6.15. The van der Waals surface area contributed by atoms with Gasteiger partial charge in [0.15, 0.2) is 10.3 Å². The van der Waals surface area contributed by atoms with Crippen LogP contribution in [0.25, 0.3) is 0 Å². The van der Waals surface area contributed by atoms with E-state index in [1.165, 1.54) is 50.1 Å². The van der Waals surface area contributed by atoms with Crippen LogP contribution in [-0.2, 0) is 4.84 Å². The largest absolute Gasteiger partial charge is 0.477 e. The Balaban J connectivity index is 0.000000277. The van der Waals surface area contributed by atoms with Crippen LogP contribution in [0.1, 0.15) is 20.7 Å². The predicted molar refractivity (Wildman–Crippen MR) is 103 cm³/mol. The summed E-state index contributed by atoms with van der Waals surface area (Å²) in [5, 5.41) is 10.6. The summed E-state index contributed by atoms with van der Waals surface area (Å²) in [6.07, 6.45) is 6.22. The maximum atomic E-state index is 11.6. The number of carbonyl (C=O) groups is 2. The Kier molecular flexibility index (Phi) is 8.71. The van der Waals surface area contributed by atoms with Crippen LogP contribution in [0.4, 0.5) is 11.6 Å². The van der Waals surface area contributed by atoms with Crippen molar-refractivity contribution >= 4 is 47.0 Å². The summed E-state index contributed by atoms with van der Waals surface area (Å²) in [5.41, 5.74) is 11.1. The monoisotopic (exact) mass is 413 g/mol. The molecule has 0 aliphatic rings. The second kappa shape index (κ2) is 10.5. The maximum absolute atomic E-state index is 11.6. The highest BCUT2D eigenvalue weighted by atomic mass is 32.2. The Morgan fingerprint density at radius 1 is 1.04 bits per heavy atom. The molecule has 0 unspecified atom stereocenters. The first-order chi connectivity index (χ1) is 12.7. The molecule has 0 aliphatic heterocycles. The minimum atomic E-state index is -1.11. The second-order valence-electron chi connectivity index (χ2n) is 4.60. The van der Waals surface area contributed by atoms with Crippen molar-refractivity contribution < 1.29 is 19.5 Å². The van der Waals surface area contributed by atoms with Gasteiger partial charge in [-0.2, -0.15) is 0 Å². The third-order valence-electron chi connectivity index (χ3n) is 2.98. The normalized spacial score (nSPS) is 9.93. The number of hydrogen-bond donors (Lipinski definition) is 3. The molecular formula is C14H19N7O4S2. The number of carboxylic acids is 1. The third kappa shape index (κ3) is 6.23. The molecule has 146 valence electrons. The molecule has 0 aromatic carbocycles. The minimum absolute atomic E-state index is 0.00171. The number of amides is 1. The number of thioether (sulfide) groups is 2. The van der Waals surface area contributed by atoms with Crippen molar-refractivity contribution in [2.45, 2.75) is 10.3 Å². The van der Waals surface area contributed by atoms with Crippen LogP contribution in [0.2, 0.25) is 0 Å². The number of nitrogens with zero attached hydrogens (tertiary/aromatic N) is 5. The fourth-order valence-electron chi connectivity index (χ4n) is 1.53. The van der Waals surface area contributed by atoms with E-state index in [0.29, 0.717) is 10.3 Å². The summed E-state index contributed by atoms with van der Waals surface area (Å²) >= 11 is 2.67. The molecule has 5 N–H and O–H groups in total. The summed E-state index contributed by atoms with van der Waals surface area (Å²) in [7, 11) is 2.88. The fraction of sp³-hybridized carbons (Fsp3) is 0.286. The van der Waals surface area contributed by atoms with Gasteiger partial charge in [-0.25, -0.2) is 29.8 Å². The van der Waals surface area contributed by atoms with Crippen LogP contribution in [0, 0.1) is 0 Å². The lowest BCUT2D eigenvalue weighted by atomic mass is 10.3. The molecule has 0 radical (unpaired) electrons. The van der Waals surface area contributed by atoms with Gasteiger partial charge in [-0.3, -0.25) is 9.63 Å². The van der Waals surface area contributed by atoms with E-state index in [9.17, 15) is 9.59 Å². The zero-order valence-electron chi connectivity index (χ0n) is 15.0. The predicted octanol–water partition coefficient (Wildman–Crippen LogP) is 0.893. The highest BCUT2D eigenvalue weighted by Gasteiger charge is 2.16. The van der Waals surface area contributed by atoms with Crippen LogP contribution in [0.3, 0.4) is 0 Å². The number of rotatable bonds is 5. The van der Waals surface area contributed by atoms with E-state index < -0.39 is 5.97 Å². The van der Waals surface area contributed by atoms with Crippen molar-refractivity contribution in [3.63, 3.8) is 0 Å². The number of aromatic nitrogens is 4. The first-order valence-corrected chi connectivity index (χ1v) is 9.58. The molecule has 2 aromatic rings. The number of carbonyl (C=O) groups excluding carboxylic acids is 1. The Hall–Kier alpha value is -2.64. The maximum Gasteiger partial charge on any atom is 0.341 e. The molecule has 2 aromatic heterocycles. The summed E-state index contributed by atoms with van der Waals surface area (Å²) in [5.74, 6) is -1.33. The Morgan fingerprint density at radius 2 is 1.48 bits per heavy atom. The van der Waals surface area contributed by atoms with Gasteiger partial charge in [0.2, 0.25) is 0 Å². The van der Waals surface area contributed by atoms with Gasteiger partial charge in [0.05, 0.1) is 7.11 Å². The van der Waals surface area contributed by atoms with Crippen LogP contribution in [-0.4, -0.2) is 68.7 Å². The van der Waals surface area contributed by atoms with Crippen LogP contribution >= 0.6 is 23.5 Å². The summed E-state index contributed by atoms with van der Waals surface area (Å²) in [4.78, 5) is 42.3. The average Bonchev–Trinajstić information content (AvgIpc) is 2.66. The molecule has 0 spiro atoms. The van der Waals surface area contributed by atoms with Crippen molar-refractivity contribution in [1.82, 2.24) is 25.0 Å². The minimum Gasteiger partial charge on any atom is -0.477 e. The van der Waals surface area contributed by atoms with Gasteiger partial charge in [0.1, 0.15) is 22.8 Å². The number of hydroxylamine groups is 2. The molecule has 13 heteroatoms. The van der Waals surface area contributed by atoms with Crippen molar-refractivity contribution in [3.8, 4) is 0 Å². The van der Waals surface area contributed by atoms with Crippen molar-refractivity contribution in [3.05, 3.63) is 23.5 Å². The van der Waals surface area contributed by atoms with Gasteiger partial charge in [0.25, 0.3) is 5.91 Å². The molecular weight excluding hydrogens is 394 g/mol. The molecule has 2 heterocycles. The molecule has 0 saturated heterocycles. The number of carboxylic acid groups (broad SMARTS) is 1. The molecule has 1 amide bonds. The zero-order valence-corrected chi connectivity index (χ0v) is 16.7. The topological polar surface area (TPSA) is 170 Å². The van der Waals surface area contributed by atoms with Gasteiger partial charge in [-0.1, -0.05) is 23.5 Å². The SMILES string of the molecule is CON(C)C(=O)c1cnc(SC)nc1N.CSc1ncc(C(=O)O)c(N)n1. The fourth-order valence-corrected chi connectivity index (χ4v) is 2.23. The lowest BCUT2D eigenvalue weighted by molar-refractivity contribution is -0.0756. The molecule has 0 fully saturated rings. The smallest absolute Gasteiger partial charge is 0.341 e. The molecule has 27 heavy (non-hydrogen) atoms. The first kappa shape index (κ1) is 22.4. The van der Waals surface area contributed by atoms with Gasteiger partial charge in [-0.15, -0.1) is 0 Å². The highest BCUT2D eigenvalue weighted by Crippen LogP contribution is 2.15. The summed E-state index contributed by atoms with van der Waals surface area (Å²) in [6, 6.07) is 0. The van der Waals surface area contributed by atoms with E-state index in [1.807, 2.05) is 6.26 Å². The molecule has 0 bridgehead atoms. The Bertz CT molecular complexity index is 822. The van der Waals surface area contributed by atoms with E-state index in [2.05, 4.69) is 19.9 Å². The number of nitrogen functional groups attached to an aromatic ring is 2. The molecule has 2 rings (SSSR count). The van der Waals surface area contributed by atoms with E-state index >= 15 is 0 Å². The summed E-state index contributed by atoms with van der Waals surface area (Å²) < 4.78 is 0. The average molecular weight is 413 g/mol. The van der Waals surface area contributed by atoms with E-state index in [0.717, 1.165) is 5.06 Å². The van der Waals surface area contributed by atoms with Crippen molar-refractivity contribution in [2.75, 3.05) is 38.1 Å². The first-order valence-electron chi connectivity index (χ1n) is 7.13. The third-order valence-corrected chi connectivity index (χ3v) is 4.10. The number of aromatic carboxylic acids is 1. The van der Waals surface area contributed by atoms with Gasteiger partial charge < -0.3 is 16.6 Å². The van der Waals surface area contributed by atoms with E-state index in [4.69, 9.17) is 21.4 Å². The molecule has 0 saturated carbocycles. The number of anilines is 2. The molecule has 11 nitrogen and oxygen atoms in total. The standard InChI is InChI=1S/C8H12N4O2S.C6H7N3O2S/c1-12(14-2)7(13)5-4-10-8(15-3)11-6(5)9;1-12-6-8-2-3(5(10)11)4(7)9-6/h4H,1-3H3,(H2,9,10,11);2H,1H3,(H,10,11)(H2,7,8,9). The molecule has 0 atom stereocenters. The van der Waals surface area contributed by atoms with Crippen molar-refractivity contribution in [1.29, 1.82) is 0 Å². The number of hydrogen-bond acceptors (Lipinski definition) is 11. The van der Waals surface area contributed by atoms with E-state index in [1.54, 1.807) is 6.26 Å². The van der Waals surface area contributed by atoms with Gasteiger partial charge in [-0.05, 0) is 12.5 Å². The molecule has 0 aliphatic carbocycles. The lowest BCUT2D eigenvalue weighted by Gasteiger charge is -2.14. The van der Waals surface area contributed by atoms with Crippen LogP contribution in [0.5, 0.6) is 0 Å². The van der Waals surface area contributed by atoms with Crippen LogP contribution < -0.4 is 11.5 Å². The highest BCUT2D eigenvalue weighted by molar-refractivity contribution is 7.98. The summed E-state index contributed by atoms with van der Waals surface area (Å²) in [6.45, 7) is 0. The van der Waals surface area contributed by atoms with E-state index in [-0.39, 0.29) is 28.7 Å². The van der Waals surface area contributed by atoms with Crippen LogP contribution in [0.15, 0.2) is 22.7 Å². The Labute approximate surface area is 163 Å². The zero-order chi connectivity index (χ0) is 20.6. The number of nitrogens with two attached hydrogens (primary N) is 2. The Morgan fingerprint density at radius 3 is 1.81 bits per heavy atom. The van der Waals surface area contributed by atoms with Gasteiger partial charge >= 0.3 is 5.97 Å². The quantitative estimate of drug-likeness (QED) is 0.360. The van der Waals surface area contributed by atoms with Crippen molar-refractivity contribution in [2.24, 2.45) is 0 Å². The lowest BCUT2D eigenvalue weighted by Crippen LogP contribution is -2.26.